The molecule has 3 aromatic rings. The van der Waals surface area contributed by atoms with Gasteiger partial charge in [-0.2, -0.15) is 15.3 Å². The minimum atomic E-state index is -0.0272. The molecule has 6 nitrogen and oxygen atoms in total. The zero-order valence-corrected chi connectivity index (χ0v) is 18.4. The van der Waals surface area contributed by atoms with Crippen LogP contribution in [0.1, 0.15) is 16.7 Å². The van der Waals surface area contributed by atoms with Crippen molar-refractivity contribution >= 4 is 59.4 Å². The molecule has 0 radical (unpaired) electrons. The Bertz CT molecular complexity index is 1050. The monoisotopic (exact) mass is 470 g/mol. The summed E-state index contributed by atoms with van der Waals surface area (Å²) in [5.74, 6) is -0.0272. The Hall–Kier alpha value is -3.19. The molecule has 0 aromatic heterocycles. The largest absolute Gasteiger partial charge is 0.365 e. The summed E-state index contributed by atoms with van der Waals surface area (Å²) >= 11 is 17.7. The van der Waals surface area contributed by atoms with Gasteiger partial charge in [0.05, 0.1) is 18.6 Å². The van der Waals surface area contributed by atoms with E-state index >= 15 is 0 Å². The molecule has 0 saturated heterocycles. The summed E-state index contributed by atoms with van der Waals surface area (Å²) in [5, 5.41) is 19.6. The SMILES string of the molecule is NC(=NN=Cc1ccc(Cl)cc1)N(N=Cc1ccc(Cl)cc1)N=Cc1ccc(Cl)cc1. The van der Waals surface area contributed by atoms with Gasteiger partial charge in [0.1, 0.15) is 0 Å². The molecule has 0 aliphatic carbocycles. The van der Waals surface area contributed by atoms with E-state index in [2.05, 4.69) is 20.4 Å². The first-order valence-electron chi connectivity index (χ1n) is 9.01. The minimum Gasteiger partial charge on any atom is -0.365 e. The standard InChI is InChI=1S/C22H17Cl3N6/c23-19-7-1-16(2-8-19)13-27-30-22(26)31(28-14-17-3-9-20(24)10-4-17)29-15-18-5-11-21(25)12-6-18/h1-15H,(H2,26,30). The van der Waals surface area contributed by atoms with Gasteiger partial charge in [0, 0.05) is 15.1 Å². The van der Waals surface area contributed by atoms with Gasteiger partial charge >= 0.3 is 0 Å². The van der Waals surface area contributed by atoms with Crippen molar-refractivity contribution in [3.63, 3.8) is 0 Å². The van der Waals surface area contributed by atoms with E-state index in [0.29, 0.717) is 15.1 Å². The molecule has 0 atom stereocenters. The first-order chi connectivity index (χ1) is 15.0. The van der Waals surface area contributed by atoms with E-state index in [1.165, 1.54) is 5.12 Å². The molecule has 2 N–H and O–H groups in total. The van der Waals surface area contributed by atoms with Crippen molar-refractivity contribution in [3.05, 3.63) is 105 Å². The summed E-state index contributed by atoms with van der Waals surface area (Å²) < 4.78 is 0. The van der Waals surface area contributed by atoms with E-state index in [-0.39, 0.29) is 5.96 Å². The molecule has 0 aliphatic heterocycles. The van der Waals surface area contributed by atoms with E-state index in [4.69, 9.17) is 40.5 Å². The summed E-state index contributed by atoms with van der Waals surface area (Å²) in [7, 11) is 0. The van der Waals surface area contributed by atoms with Gasteiger partial charge < -0.3 is 5.73 Å². The molecule has 0 saturated carbocycles. The van der Waals surface area contributed by atoms with E-state index in [0.717, 1.165) is 16.7 Å². The van der Waals surface area contributed by atoms with Crippen LogP contribution in [0.5, 0.6) is 0 Å². The fourth-order valence-corrected chi connectivity index (χ4v) is 2.61. The highest BCUT2D eigenvalue weighted by atomic mass is 35.5. The summed E-state index contributed by atoms with van der Waals surface area (Å²) in [6.45, 7) is 0. The molecule has 9 heteroatoms. The summed E-state index contributed by atoms with van der Waals surface area (Å²) in [6.07, 6.45) is 4.72. The van der Waals surface area contributed by atoms with Gasteiger partial charge in [-0.15, -0.1) is 10.2 Å². The molecule has 0 unspecified atom stereocenters. The number of halogens is 3. The van der Waals surface area contributed by atoms with Crippen LogP contribution in [0.4, 0.5) is 0 Å². The van der Waals surface area contributed by atoms with Crippen molar-refractivity contribution < 1.29 is 0 Å². The van der Waals surface area contributed by atoms with Crippen LogP contribution in [0.2, 0.25) is 15.1 Å². The third-order valence-electron chi connectivity index (χ3n) is 3.81. The maximum absolute atomic E-state index is 6.05. The molecule has 3 rings (SSSR count). The van der Waals surface area contributed by atoms with Crippen LogP contribution in [0.15, 0.2) is 93.2 Å². The van der Waals surface area contributed by atoms with Gasteiger partial charge in [-0.05, 0) is 53.1 Å². The predicted octanol–water partition coefficient (Wildman–Crippen LogP) is 5.67. The number of nitrogens with zero attached hydrogens (tertiary/aromatic N) is 5. The highest BCUT2D eigenvalue weighted by molar-refractivity contribution is 6.31. The maximum atomic E-state index is 6.05. The van der Waals surface area contributed by atoms with Crippen LogP contribution in [-0.4, -0.2) is 29.7 Å². The number of benzene rings is 3. The third-order valence-corrected chi connectivity index (χ3v) is 4.57. The zero-order valence-electron chi connectivity index (χ0n) is 16.1. The van der Waals surface area contributed by atoms with Crippen molar-refractivity contribution in [1.29, 1.82) is 0 Å². The Labute approximate surface area is 195 Å². The topological polar surface area (TPSA) is 78.7 Å². The lowest BCUT2D eigenvalue weighted by atomic mass is 10.2. The quantitative estimate of drug-likeness (QED) is 0.286. The Morgan fingerprint density at radius 2 is 0.968 bits per heavy atom. The fourth-order valence-electron chi connectivity index (χ4n) is 2.23. The van der Waals surface area contributed by atoms with Crippen molar-refractivity contribution in [1.82, 2.24) is 5.12 Å². The summed E-state index contributed by atoms with van der Waals surface area (Å²) in [6, 6.07) is 21.5. The van der Waals surface area contributed by atoms with Gasteiger partial charge in [0.25, 0.3) is 5.96 Å². The van der Waals surface area contributed by atoms with E-state index < -0.39 is 0 Å². The molecular weight excluding hydrogens is 455 g/mol. The van der Waals surface area contributed by atoms with E-state index in [1.54, 1.807) is 55.0 Å². The molecule has 0 bridgehead atoms. The normalized spacial score (nSPS) is 12.3. The van der Waals surface area contributed by atoms with Crippen molar-refractivity contribution in [2.45, 2.75) is 0 Å². The molecule has 0 heterocycles. The zero-order chi connectivity index (χ0) is 22.1. The smallest absolute Gasteiger partial charge is 0.259 e. The first-order valence-corrected chi connectivity index (χ1v) is 10.1. The lowest BCUT2D eigenvalue weighted by Crippen LogP contribution is -2.29. The molecule has 0 fully saturated rings. The Balaban J connectivity index is 1.81. The average Bonchev–Trinajstić information content (AvgIpc) is 2.77. The minimum absolute atomic E-state index is 0.0272. The first kappa shape index (κ1) is 22.5. The van der Waals surface area contributed by atoms with E-state index in [9.17, 15) is 0 Å². The average molecular weight is 472 g/mol. The van der Waals surface area contributed by atoms with Crippen molar-refractivity contribution in [2.75, 3.05) is 0 Å². The number of hydrogen-bond donors (Lipinski definition) is 1. The number of hydrazone groups is 2. The van der Waals surface area contributed by atoms with Crippen LogP contribution in [0.3, 0.4) is 0 Å². The molecule has 31 heavy (non-hydrogen) atoms. The van der Waals surface area contributed by atoms with Gasteiger partial charge in [-0.3, -0.25) is 0 Å². The highest BCUT2D eigenvalue weighted by Gasteiger charge is 2.04. The number of nitrogens with two attached hydrogens (primary N) is 1. The van der Waals surface area contributed by atoms with Crippen LogP contribution in [0.25, 0.3) is 0 Å². The molecule has 0 aliphatic rings. The van der Waals surface area contributed by atoms with Gasteiger partial charge in [-0.1, -0.05) is 71.2 Å². The number of rotatable bonds is 6. The molecular formula is C22H17Cl3N6. The Morgan fingerprint density at radius 3 is 1.35 bits per heavy atom. The summed E-state index contributed by atoms with van der Waals surface area (Å²) in [5.41, 5.74) is 8.50. The lowest BCUT2D eigenvalue weighted by molar-refractivity contribution is 0.473. The summed E-state index contributed by atoms with van der Waals surface area (Å²) in [4.78, 5) is 0. The Kier molecular flexibility index (Phi) is 8.18. The van der Waals surface area contributed by atoms with Crippen LogP contribution < -0.4 is 5.73 Å². The molecule has 0 spiro atoms. The molecule has 3 aromatic carbocycles. The second kappa shape index (κ2) is 11.3. The predicted molar refractivity (Wildman–Crippen MR) is 131 cm³/mol. The van der Waals surface area contributed by atoms with Gasteiger partial charge in [0.15, 0.2) is 0 Å². The third kappa shape index (κ3) is 7.53. The lowest BCUT2D eigenvalue weighted by Gasteiger charge is -2.10. The van der Waals surface area contributed by atoms with Gasteiger partial charge in [0.2, 0.25) is 0 Å². The second-order valence-corrected chi connectivity index (χ2v) is 7.45. The van der Waals surface area contributed by atoms with Crippen LogP contribution in [-0.2, 0) is 0 Å². The molecule has 0 amide bonds. The van der Waals surface area contributed by atoms with Gasteiger partial charge in [-0.25, -0.2) is 0 Å². The fraction of sp³-hybridized carbons (Fsp3) is 0. The van der Waals surface area contributed by atoms with Crippen LogP contribution >= 0.6 is 34.8 Å². The van der Waals surface area contributed by atoms with Crippen molar-refractivity contribution in [2.24, 2.45) is 26.1 Å². The van der Waals surface area contributed by atoms with Crippen LogP contribution in [0, 0.1) is 0 Å². The Morgan fingerprint density at radius 1 is 0.613 bits per heavy atom. The van der Waals surface area contributed by atoms with Crippen molar-refractivity contribution in [3.8, 4) is 0 Å². The van der Waals surface area contributed by atoms with E-state index in [1.807, 2.05) is 36.4 Å². The maximum Gasteiger partial charge on any atom is 0.259 e. The molecule has 156 valence electrons. The highest BCUT2D eigenvalue weighted by Crippen LogP contribution is 2.10. The second-order valence-electron chi connectivity index (χ2n) is 6.14. The number of hydrogen-bond acceptors (Lipinski definition) is 4. The number of guanidine groups is 1.